The van der Waals surface area contributed by atoms with E-state index in [-0.39, 0.29) is 17.8 Å². The number of aliphatic hydroxyl groups excluding tert-OH is 2. The Kier molecular flexibility index (Phi) is 5.17. The third kappa shape index (κ3) is 3.11. The summed E-state index contributed by atoms with van der Waals surface area (Å²) in [4.78, 5) is 27.1. The number of aliphatic hydroxyl groups is 2. The number of carbonyl (C=O) groups is 1. The van der Waals surface area contributed by atoms with E-state index in [4.69, 9.17) is 10.5 Å². The van der Waals surface area contributed by atoms with E-state index in [1.54, 1.807) is 4.90 Å². The molecule has 1 saturated heterocycles. The van der Waals surface area contributed by atoms with Gasteiger partial charge in [-0.05, 0) is 19.8 Å². The molecule has 1 saturated carbocycles. The van der Waals surface area contributed by atoms with E-state index in [0.717, 1.165) is 25.7 Å². The first-order valence-corrected chi connectivity index (χ1v) is 9.78. The number of carbonyl (C=O) groups excluding carboxylic acids is 1. The van der Waals surface area contributed by atoms with Crippen molar-refractivity contribution in [1.29, 1.82) is 0 Å². The zero-order valence-electron chi connectivity index (χ0n) is 15.8. The second kappa shape index (κ2) is 7.61. The van der Waals surface area contributed by atoms with Crippen LogP contribution in [-0.2, 0) is 9.53 Å². The lowest BCUT2D eigenvalue weighted by Crippen LogP contribution is -2.49. The third-order valence-electron chi connectivity index (χ3n) is 5.78. The first kappa shape index (κ1) is 19.0. The summed E-state index contributed by atoms with van der Waals surface area (Å²) < 4.78 is 7.32. The van der Waals surface area contributed by atoms with Crippen molar-refractivity contribution in [3.63, 3.8) is 0 Å². The van der Waals surface area contributed by atoms with Crippen LogP contribution < -0.4 is 5.73 Å². The van der Waals surface area contributed by atoms with Gasteiger partial charge in [-0.25, -0.2) is 15.0 Å². The van der Waals surface area contributed by atoms with Gasteiger partial charge in [-0.15, -0.1) is 0 Å². The summed E-state index contributed by atoms with van der Waals surface area (Å²) in [5.41, 5.74) is 6.55. The molecule has 1 aliphatic heterocycles. The van der Waals surface area contributed by atoms with Crippen molar-refractivity contribution in [2.45, 2.75) is 69.6 Å². The van der Waals surface area contributed by atoms with Crippen LogP contribution >= 0.6 is 0 Å². The predicted molar refractivity (Wildman–Crippen MR) is 99.9 cm³/mol. The van der Waals surface area contributed by atoms with E-state index in [9.17, 15) is 15.0 Å². The number of nitrogens with zero attached hydrogens (tertiary/aromatic N) is 5. The van der Waals surface area contributed by atoms with Crippen molar-refractivity contribution in [1.82, 2.24) is 24.4 Å². The van der Waals surface area contributed by atoms with Gasteiger partial charge >= 0.3 is 0 Å². The standard InChI is InChI=1S/C18H26N6O4/c1-2-23(10-6-4-3-5-7-10)17(27)14-12(25)13(26)18(28-14)24-9-22-11-15(19)20-8-21-16(11)24/h8-10,12-14,18,25-26H,2-7H2,1H3,(H2,19,20,21)/t12-,13+,14-,18+/m0/s1. The molecule has 2 aliphatic rings. The molecule has 2 aromatic rings. The van der Waals surface area contributed by atoms with Crippen LogP contribution in [0.2, 0.25) is 0 Å². The summed E-state index contributed by atoms with van der Waals surface area (Å²) in [7, 11) is 0. The van der Waals surface area contributed by atoms with Crippen molar-refractivity contribution < 1.29 is 19.7 Å². The SMILES string of the molecule is CCN(C(=O)[C@H]1O[C@@H](n2cnc3c(N)ncnc32)[C@H](O)[C@@H]1O)C1CCCCC1. The molecule has 4 rings (SSSR count). The van der Waals surface area contributed by atoms with Crippen molar-refractivity contribution in [2.75, 3.05) is 12.3 Å². The minimum absolute atomic E-state index is 0.153. The zero-order valence-corrected chi connectivity index (χ0v) is 15.8. The largest absolute Gasteiger partial charge is 0.387 e. The highest BCUT2D eigenvalue weighted by Gasteiger charge is 2.49. The monoisotopic (exact) mass is 390 g/mol. The van der Waals surface area contributed by atoms with E-state index in [2.05, 4.69) is 15.0 Å². The Hall–Kier alpha value is -2.30. The Morgan fingerprint density at radius 3 is 2.71 bits per heavy atom. The van der Waals surface area contributed by atoms with Crippen molar-refractivity contribution in [3.8, 4) is 0 Å². The quantitative estimate of drug-likeness (QED) is 0.673. The van der Waals surface area contributed by atoms with Gasteiger partial charge in [-0.2, -0.15) is 0 Å². The van der Waals surface area contributed by atoms with Gasteiger partial charge in [0.15, 0.2) is 23.8 Å². The Labute approximate surface area is 162 Å². The lowest BCUT2D eigenvalue weighted by Gasteiger charge is -2.35. The highest BCUT2D eigenvalue weighted by atomic mass is 16.6. The van der Waals surface area contributed by atoms with Gasteiger partial charge in [0.1, 0.15) is 24.1 Å². The Bertz CT molecular complexity index is 852. The molecule has 28 heavy (non-hydrogen) atoms. The zero-order chi connectivity index (χ0) is 19.8. The Morgan fingerprint density at radius 2 is 2.00 bits per heavy atom. The Balaban J connectivity index is 1.58. The number of rotatable bonds is 4. The molecule has 0 unspecified atom stereocenters. The molecule has 4 atom stereocenters. The molecule has 3 heterocycles. The highest BCUT2D eigenvalue weighted by molar-refractivity contribution is 5.83. The molecule has 1 aliphatic carbocycles. The topological polar surface area (TPSA) is 140 Å². The van der Waals surface area contributed by atoms with Gasteiger partial charge in [-0.1, -0.05) is 19.3 Å². The van der Waals surface area contributed by atoms with E-state index in [1.807, 2.05) is 6.92 Å². The van der Waals surface area contributed by atoms with Crippen molar-refractivity contribution in [3.05, 3.63) is 12.7 Å². The summed E-state index contributed by atoms with van der Waals surface area (Å²) in [6, 6.07) is 0.153. The fourth-order valence-corrected chi connectivity index (χ4v) is 4.30. The van der Waals surface area contributed by atoms with Crippen LogP contribution in [0.4, 0.5) is 5.82 Å². The third-order valence-corrected chi connectivity index (χ3v) is 5.78. The van der Waals surface area contributed by atoms with Crippen LogP contribution in [0.15, 0.2) is 12.7 Å². The van der Waals surface area contributed by atoms with Crippen molar-refractivity contribution >= 4 is 22.9 Å². The average molecular weight is 390 g/mol. The first-order valence-electron chi connectivity index (χ1n) is 9.78. The maximum Gasteiger partial charge on any atom is 0.254 e. The van der Waals surface area contributed by atoms with Crippen molar-refractivity contribution in [2.24, 2.45) is 0 Å². The number of imidazole rings is 1. The molecule has 152 valence electrons. The molecule has 2 fully saturated rings. The van der Waals surface area contributed by atoms with Gasteiger partial charge in [0.2, 0.25) is 0 Å². The maximum atomic E-state index is 13.1. The van der Waals surface area contributed by atoms with Crippen LogP contribution in [-0.4, -0.2) is 71.4 Å². The fraction of sp³-hybridized carbons (Fsp3) is 0.667. The molecule has 1 amide bonds. The Morgan fingerprint density at radius 1 is 1.25 bits per heavy atom. The van der Waals surface area contributed by atoms with Crippen LogP contribution in [0.1, 0.15) is 45.3 Å². The number of aromatic nitrogens is 4. The molecule has 0 radical (unpaired) electrons. The van der Waals surface area contributed by atoms with Gasteiger partial charge in [0, 0.05) is 12.6 Å². The maximum absolute atomic E-state index is 13.1. The molecule has 2 aromatic heterocycles. The lowest BCUT2D eigenvalue weighted by atomic mass is 9.93. The summed E-state index contributed by atoms with van der Waals surface area (Å²) in [5, 5.41) is 21.1. The summed E-state index contributed by atoms with van der Waals surface area (Å²) >= 11 is 0. The van der Waals surface area contributed by atoms with Gasteiger partial charge in [0.25, 0.3) is 5.91 Å². The van der Waals surface area contributed by atoms with E-state index in [0.29, 0.717) is 17.7 Å². The summed E-state index contributed by atoms with van der Waals surface area (Å²) in [5.74, 6) is -0.0825. The first-order chi connectivity index (χ1) is 13.5. The molecule has 0 spiro atoms. The minimum atomic E-state index is -1.34. The molecular weight excluding hydrogens is 364 g/mol. The minimum Gasteiger partial charge on any atom is -0.387 e. The summed E-state index contributed by atoms with van der Waals surface area (Å²) in [6.45, 7) is 2.46. The normalized spacial score (nSPS) is 28.7. The number of likely N-dealkylation sites (N-methyl/N-ethyl adjacent to an activating group) is 1. The number of nitrogens with two attached hydrogens (primary N) is 1. The fourth-order valence-electron chi connectivity index (χ4n) is 4.30. The van der Waals surface area contributed by atoms with Crippen LogP contribution in [0.3, 0.4) is 0 Å². The second-order valence-corrected chi connectivity index (χ2v) is 7.43. The van der Waals surface area contributed by atoms with E-state index < -0.39 is 24.5 Å². The predicted octanol–water partition coefficient (Wildman–Crippen LogP) is 0.209. The number of nitrogen functional groups attached to an aromatic ring is 1. The highest BCUT2D eigenvalue weighted by Crippen LogP contribution is 2.34. The second-order valence-electron chi connectivity index (χ2n) is 7.43. The lowest BCUT2D eigenvalue weighted by molar-refractivity contribution is -0.151. The molecule has 0 aromatic carbocycles. The van der Waals surface area contributed by atoms with E-state index in [1.165, 1.54) is 23.6 Å². The van der Waals surface area contributed by atoms with E-state index >= 15 is 0 Å². The number of ether oxygens (including phenoxy) is 1. The number of anilines is 1. The van der Waals surface area contributed by atoms with Crippen LogP contribution in [0, 0.1) is 0 Å². The number of hydrogen-bond acceptors (Lipinski definition) is 8. The molecular formula is C18H26N6O4. The van der Waals surface area contributed by atoms with Crippen LogP contribution in [0.5, 0.6) is 0 Å². The average Bonchev–Trinajstić information content (AvgIpc) is 3.26. The van der Waals surface area contributed by atoms with Gasteiger partial charge in [0.05, 0.1) is 6.33 Å². The van der Waals surface area contributed by atoms with Gasteiger partial charge < -0.3 is 25.6 Å². The molecule has 10 nitrogen and oxygen atoms in total. The smallest absolute Gasteiger partial charge is 0.254 e. The van der Waals surface area contributed by atoms with Gasteiger partial charge in [-0.3, -0.25) is 9.36 Å². The number of hydrogen-bond donors (Lipinski definition) is 3. The van der Waals surface area contributed by atoms with Crippen LogP contribution in [0.25, 0.3) is 11.2 Å². The summed E-state index contributed by atoms with van der Waals surface area (Å²) in [6.07, 6.45) is 3.22. The number of amides is 1. The molecule has 10 heteroatoms. The molecule has 4 N–H and O–H groups in total. The number of fused-ring (bicyclic) bond motifs is 1. The molecule has 0 bridgehead atoms.